The Bertz CT molecular complexity index is 724. The molecular formula is C18H22N4O2. The molecule has 0 radical (unpaired) electrons. The van der Waals surface area contributed by atoms with Crippen LogP contribution in [0.15, 0.2) is 42.5 Å². The number of carbonyl (C=O) groups is 2. The Morgan fingerprint density at radius 3 is 2.08 bits per heavy atom. The first-order valence-corrected chi connectivity index (χ1v) is 7.73. The summed E-state index contributed by atoms with van der Waals surface area (Å²) in [5.74, 6) is -0.651. The molecule has 6 nitrogen and oxygen atoms in total. The standard InChI is InChI=1S/C18H22N4O2/c1-12(2)19-17(23)15-6-5-7-16(21-15)18(24)20-13-8-10-14(11-9-13)22(3)4/h5-12H,1-4H3,(H,19,23)(H,20,24). The number of aromatic nitrogens is 1. The highest BCUT2D eigenvalue weighted by molar-refractivity contribution is 6.03. The number of nitrogens with one attached hydrogen (secondary N) is 2. The first kappa shape index (κ1) is 17.5. The van der Waals surface area contributed by atoms with Crippen LogP contribution in [0.1, 0.15) is 34.8 Å². The van der Waals surface area contributed by atoms with Crippen LogP contribution in [0.5, 0.6) is 0 Å². The number of pyridine rings is 1. The summed E-state index contributed by atoms with van der Waals surface area (Å²) in [6.45, 7) is 3.73. The maximum Gasteiger partial charge on any atom is 0.274 e. The summed E-state index contributed by atoms with van der Waals surface area (Å²) in [5.41, 5.74) is 2.13. The minimum absolute atomic E-state index is 0.00648. The van der Waals surface area contributed by atoms with Crippen LogP contribution in [0.25, 0.3) is 0 Å². The van der Waals surface area contributed by atoms with Gasteiger partial charge in [0.05, 0.1) is 0 Å². The molecule has 0 unspecified atom stereocenters. The fourth-order valence-corrected chi connectivity index (χ4v) is 2.06. The van der Waals surface area contributed by atoms with Gasteiger partial charge in [0.25, 0.3) is 11.8 Å². The minimum Gasteiger partial charge on any atom is -0.378 e. The van der Waals surface area contributed by atoms with Crippen LogP contribution < -0.4 is 15.5 Å². The summed E-state index contributed by atoms with van der Waals surface area (Å²) in [6.07, 6.45) is 0. The molecule has 0 aliphatic carbocycles. The summed E-state index contributed by atoms with van der Waals surface area (Å²) in [6, 6.07) is 12.3. The largest absolute Gasteiger partial charge is 0.378 e. The van der Waals surface area contributed by atoms with E-state index in [4.69, 9.17) is 0 Å². The molecule has 0 aliphatic rings. The zero-order valence-electron chi connectivity index (χ0n) is 14.3. The molecule has 2 aromatic rings. The zero-order valence-corrected chi connectivity index (χ0v) is 14.3. The predicted molar refractivity (Wildman–Crippen MR) is 95.6 cm³/mol. The number of benzene rings is 1. The van der Waals surface area contributed by atoms with Gasteiger partial charge in [0, 0.05) is 31.5 Å². The highest BCUT2D eigenvalue weighted by atomic mass is 16.2. The Labute approximate surface area is 141 Å². The lowest BCUT2D eigenvalue weighted by atomic mass is 10.2. The SMILES string of the molecule is CC(C)NC(=O)c1cccc(C(=O)Nc2ccc(N(C)C)cc2)n1. The van der Waals surface area contributed by atoms with Gasteiger partial charge in [0.2, 0.25) is 0 Å². The van der Waals surface area contributed by atoms with Crippen molar-refractivity contribution >= 4 is 23.2 Å². The van der Waals surface area contributed by atoms with Crippen LogP contribution in [0.2, 0.25) is 0 Å². The van der Waals surface area contributed by atoms with Gasteiger partial charge in [-0.1, -0.05) is 6.07 Å². The van der Waals surface area contributed by atoms with Gasteiger partial charge in [-0.2, -0.15) is 0 Å². The van der Waals surface area contributed by atoms with Crippen molar-refractivity contribution in [3.8, 4) is 0 Å². The molecule has 6 heteroatoms. The molecular weight excluding hydrogens is 304 g/mol. The smallest absolute Gasteiger partial charge is 0.274 e. The van der Waals surface area contributed by atoms with E-state index in [2.05, 4.69) is 15.6 Å². The van der Waals surface area contributed by atoms with Gasteiger partial charge in [0.1, 0.15) is 11.4 Å². The number of amides is 2. The van der Waals surface area contributed by atoms with Gasteiger partial charge in [-0.3, -0.25) is 9.59 Å². The quantitative estimate of drug-likeness (QED) is 0.885. The van der Waals surface area contributed by atoms with E-state index in [9.17, 15) is 9.59 Å². The van der Waals surface area contributed by atoms with E-state index in [-0.39, 0.29) is 29.2 Å². The Hall–Kier alpha value is -2.89. The molecule has 24 heavy (non-hydrogen) atoms. The highest BCUT2D eigenvalue weighted by Crippen LogP contribution is 2.16. The maximum atomic E-state index is 12.3. The Morgan fingerprint density at radius 1 is 0.958 bits per heavy atom. The molecule has 0 aliphatic heterocycles. The van der Waals surface area contributed by atoms with Crippen molar-refractivity contribution in [2.45, 2.75) is 19.9 Å². The van der Waals surface area contributed by atoms with E-state index in [1.54, 1.807) is 18.2 Å². The Balaban J connectivity index is 2.11. The predicted octanol–water partition coefficient (Wildman–Crippen LogP) is 2.54. The highest BCUT2D eigenvalue weighted by Gasteiger charge is 2.13. The summed E-state index contributed by atoms with van der Waals surface area (Å²) >= 11 is 0. The number of carbonyl (C=O) groups excluding carboxylic acids is 2. The number of hydrogen-bond acceptors (Lipinski definition) is 4. The zero-order chi connectivity index (χ0) is 17.7. The van der Waals surface area contributed by atoms with Crippen LogP contribution in [0.3, 0.4) is 0 Å². The first-order chi connectivity index (χ1) is 11.4. The molecule has 2 rings (SSSR count). The second kappa shape index (κ2) is 7.59. The molecule has 1 aromatic heterocycles. The molecule has 1 aromatic carbocycles. The molecule has 0 atom stereocenters. The third kappa shape index (κ3) is 4.55. The van der Waals surface area contributed by atoms with Gasteiger partial charge < -0.3 is 15.5 Å². The summed E-state index contributed by atoms with van der Waals surface area (Å²) in [4.78, 5) is 30.4. The van der Waals surface area contributed by atoms with Crippen LogP contribution in [0, 0.1) is 0 Å². The van der Waals surface area contributed by atoms with E-state index in [1.165, 1.54) is 0 Å². The van der Waals surface area contributed by atoms with Crippen molar-refractivity contribution in [2.24, 2.45) is 0 Å². The summed E-state index contributed by atoms with van der Waals surface area (Å²) in [7, 11) is 3.90. The fraction of sp³-hybridized carbons (Fsp3) is 0.278. The van der Waals surface area contributed by atoms with E-state index >= 15 is 0 Å². The van der Waals surface area contributed by atoms with E-state index < -0.39 is 0 Å². The topological polar surface area (TPSA) is 74.3 Å². The summed E-state index contributed by atoms with van der Waals surface area (Å²) < 4.78 is 0. The molecule has 0 fully saturated rings. The lowest BCUT2D eigenvalue weighted by molar-refractivity contribution is 0.0938. The van der Waals surface area contributed by atoms with E-state index in [1.807, 2.05) is 57.1 Å². The van der Waals surface area contributed by atoms with Crippen LogP contribution in [0.4, 0.5) is 11.4 Å². The first-order valence-electron chi connectivity index (χ1n) is 7.73. The fourth-order valence-electron chi connectivity index (χ4n) is 2.06. The van der Waals surface area contributed by atoms with Crippen molar-refractivity contribution in [3.63, 3.8) is 0 Å². The van der Waals surface area contributed by atoms with Crippen molar-refractivity contribution in [2.75, 3.05) is 24.3 Å². The van der Waals surface area contributed by atoms with E-state index in [0.29, 0.717) is 5.69 Å². The third-order valence-electron chi connectivity index (χ3n) is 3.28. The molecule has 0 saturated heterocycles. The van der Waals surface area contributed by atoms with Gasteiger partial charge in [0.15, 0.2) is 0 Å². The normalized spacial score (nSPS) is 10.4. The molecule has 0 saturated carbocycles. The van der Waals surface area contributed by atoms with Crippen molar-refractivity contribution in [1.29, 1.82) is 0 Å². The Morgan fingerprint density at radius 2 is 1.54 bits per heavy atom. The van der Waals surface area contributed by atoms with Gasteiger partial charge >= 0.3 is 0 Å². The molecule has 2 amide bonds. The van der Waals surface area contributed by atoms with Crippen LogP contribution in [-0.2, 0) is 0 Å². The lowest BCUT2D eigenvalue weighted by Crippen LogP contribution is -2.31. The van der Waals surface area contributed by atoms with Gasteiger partial charge in [-0.15, -0.1) is 0 Å². The number of nitrogens with zero attached hydrogens (tertiary/aromatic N) is 2. The molecule has 126 valence electrons. The van der Waals surface area contributed by atoms with Crippen LogP contribution in [-0.4, -0.2) is 36.9 Å². The molecule has 1 heterocycles. The molecule has 0 spiro atoms. The second-order valence-corrected chi connectivity index (χ2v) is 5.93. The third-order valence-corrected chi connectivity index (χ3v) is 3.28. The second-order valence-electron chi connectivity index (χ2n) is 5.93. The van der Waals surface area contributed by atoms with Gasteiger partial charge in [-0.25, -0.2) is 4.98 Å². The average molecular weight is 326 g/mol. The Kier molecular flexibility index (Phi) is 5.52. The summed E-state index contributed by atoms with van der Waals surface area (Å²) in [5, 5.41) is 5.53. The number of hydrogen-bond donors (Lipinski definition) is 2. The molecule has 0 bridgehead atoms. The van der Waals surface area contributed by atoms with Crippen LogP contribution >= 0.6 is 0 Å². The average Bonchev–Trinajstić information content (AvgIpc) is 2.54. The maximum absolute atomic E-state index is 12.3. The molecule has 2 N–H and O–H groups in total. The minimum atomic E-state index is -0.355. The lowest BCUT2D eigenvalue weighted by Gasteiger charge is -2.13. The van der Waals surface area contributed by atoms with Gasteiger partial charge in [-0.05, 0) is 50.2 Å². The number of rotatable bonds is 5. The van der Waals surface area contributed by atoms with Crippen molar-refractivity contribution in [1.82, 2.24) is 10.3 Å². The van der Waals surface area contributed by atoms with E-state index in [0.717, 1.165) is 5.69 Å². The number of anilines is 2. The monoisotopic (exact) mass is 326 g/mol. The van der Waals surface area contributed by atoms with Crippen molar-refractivity contribution < 1.29 is 9.59 Å². The van der Waals surface area contributed by atoms with Crippen molar-refractivity contribution in [3.05, 3.63) is 53.9 Å².